The predicted molar refractivity (Wildman–Crippen MR) is 115 cm³/mol. The summed E-state index contributed by atoms with van der Waals surface area (Å²) < 4.78 is 6.96. The molecule has 5 heterocycles. The Labute approximate surface area is 183 Å². The van der Waals surface area contributed by atoms with Crippen LogP contribution in [0.5, 0.6) is 0 Å². The largest absolute Gasteiger partial charge is 0.457 e. The first-order valence-electron chi connectivity index (χ1n) is 10.4. The molecule has 0 radical (unpaired) electrons. The van der Waals surface area contributed by atoms with E-state index in [1.54, 1.807) is 6.20 Å². The van der Waals surface area contributed by atoms with Gasteiger partial charge < -0.3 is 4.74 Å². The van der Waals surface area contributed by atoms with Gasteiger partial charge in [0.05, 0.1) is 16.8 Å². The molecule has 0 spiro atoms. The van der Waals surface area contributed by atoms with E-state index in [0.717, 1.165) is 53.9 Å². The number of hydrogen-bond acceptors (Lipinski definition) is 7. The number of pyridine rings is 1. The van der Waals surface area contributed by atoms with Crippen LogP contribution >= 0.6 is 0 Å². The number of carbonyl (C=O) groups is 1. The van der Waals surface area contributed by atoms with E-state index < -0.39 is 0 Å². The molecule has 0 aliphatic carbocycles. The van der Waals surface area contributed by atoms with Crippen molar-refractivity contribution in [2.75, 3.05) is 6.54 Å². The van der Waals surface area contributed by atoms with Gasteiger partial charge in [0.2, 0.25) is 5.95 Å². The Morgan fingerprint density at radius 3 is 2.97 bits per heavy atom. The van der Waals surface area contributed by atoms with E-state index >= 15 is 0 Å². The smallest absolute Gasteiger partial charge is 0.338 e. The Hall–Kier alpha value is -4.09. The van der Waals surface area contributed by atoms with Crippen molar-refractivity contribution in [2.24, 2.45) is 0 Å². The number of benzene rings is 1. The van der Waals surface area contributed by atoms with Gasteiger partial charge in [0, 0.05) is 61.2 Å². The summed E-state index contributed by atoms with van der Waals surface area (Å²) in [5.41, 5.74) is 6.25. The molecule has 32 heavy (non-hydrogen) atoms. The van der Waals surface area contributed by atoms with E-state index in [4.69, 9.17) is 15.0 Å². The molecule has 4 aromatic rings. The first-order chi connectivity index (χ1) is 15.7. The van der Waals surface area contributed by atoms with Crippen molar-refractivity contribution in [1.29, 1.82) is 5.26 Å². The lowest BCUT2D eigenvalue weighted by molar-refractivity contribution is 0.0535. The number of aromatic nitrogens is 4. The van der Waals surface area contributed by atoms with Gasteiger partial charge >= 0.3 is 5.97 Å². The SMILES string of the molecule is N#Cc1cnc2c(ccn2-c2ncc3c(n2)CCN(Cc2ccc4c(c2)COC4=O)C3)c1. The van der Waals surface area contributed by atoms with Gasteiger partial charge in [-0.15, -0.1) is 0 Å². The minimum atomic E-state index is -0.234. The number of fused-ring (bicyclic) bond motifs is 3. The lowest BCUT2D eigenvalue weighted by Gasteiger charge is -2.28. The van der Waals surface area contributed by atoms with E-state index in [1.165, 1.54) is 5.56 Å². The summed E-state index contributed by atoms with van der Waals surface area (Å²) in [6, 6.07) is 11.8. The van der Waals surface area contributed by atoms with Crippen LogP contribution in [0.2, 0.25) is 0 Å². The second kappa shape index (κ2) is 7.25. The van der Waals surface area contributed by atoms with Crippen molar-refractivity contribution in [3.63, 3.8) is 0 Å². The number of cyclic esters (lactones) is 1. The molecular weight excluding hydrogens is 404 g/mol. The Kier molecular flexibility index (Phi) is 4.23. The number of nitrogens with zero attached hydrogens (tertiary/aromatic N) is 6. The highest BCUT2D eigenvalue weighted by Crippen LogP contribution is 2.25. The molecule has 2 aliphatic heterocycles. The van der Waals surface area contributed by atoms with Crippen LogP contribution in [0.15, 0.2) is 48.9 Å². The highest BCUT2D eigenvalue weighted by molar-refractivity contribution is 5.93. The van der Waals surface area contributed by atoms with Crippen LogP contribution in [-0.2, 0) is 30.9 Å². The quantitative estimate of drug-likeness (QED) is 0.468. The maximum atomic E-state index is 11.7. The number of rotatable bonds is 3. The standard InChI is InChI=1S/C24H18N6O2/c25-9-16-8-17-3-6-30(22(17)26-10-16)24-27-11-19-13-29(5-4-21(19)28-24)12-15-1-2-20-18(7-15)14-32-23(20)31/h1-3,6-8,10-11H,4-5,12-14H2. The van der Waals surface area contributed by atoms with Crippen molar-refractivity contribution in [2.45, 2.75) is 26.1 Å². The zero-order valence-electron chi connectivity index (χ0n) is 17.2. The fourth-order valence-electron chi connectivity index (χ4n) is 4.40. The molecule has 0 unspecified atom stereocenters. The fraction of sp³-hybridized carbons (Fsp3) is 0.208. The molecule has 6 rings (SSSR count). The van der Waals surface area contributed by atoms with Crippen molar-refractivity contribution in [3.8, 4) is 12.0 Å². The van der Waals surface area contributed by atoms with Crippen LogP contribution in [0, 0.1) is 11.3 Å². The van der Waals surface area contributed by atoms with Crippen molar-refractivity contribution < 1.29 is 9.53 Å². The summed E-state index contributed by atoms with van der Waals surface area (Å²) in [5.74, 6) is 0.357. The van der Waals surface area contributed by atoms with Crippen LogP contribution in [0.25, 0.3) is 17.0 Å². The fourth-order valence-corrected chi connectivity index (χ4v) is 4.40. The molecule has 0 N–H and O–H groups in total. The molecule has 0 saturated heterocycles. The molecule has 3 aromatic heterocycles. The molecule has 156 valence electrons. The lowest BCUT2D eigenvalue weighted by Crippen LogP contribution is -2.31. The van der Waals surface area contributed by atoms with E-state index in [2.05, 4.69) is 27.0 Å². The summed E-state index contributed by atoms with van der Waals surface area (Å²) >= 11 is 0. The average molecular weight is 422 g/mol. The van der Waals surface area contributed by atoms with E-state index in [-0.39, 0.29) is 5.97 Å². The zero-order chi connectivity index (χ0) is 21.7. The number of esters is 1. The van der Waals surface area contributed by atoms with Crippen LogP contribution in [0.4, 0.5) is 0 Å². The van der Waals surface area contributed by atoms with E-state index in [1.807, 2.05) is 41.2 Å². The molecule has 0 fully saturated rings. The van der Waals surface area contributed by atoms with Gasteiger partial charge in [-0.05, 0) is 23.8 Å². The molecule has 2 aliphatic rings. The first-order valence-corrected chi connectivity index (χ1v) is 10.4. The van der Waals surface area contributed by atoms with Gasteiger partial charge in [-0.2, -0.15) is 5.26 Å². The number of hydrogen-bond donors (Lipinski definition) is 0. The van der Waals surface area contributed by atoms with E-state index in [9.17, 15) is 4.79 Å². The predicted octanol–water partition coefficient (Wildman–Crippen LogP) is 2.92. The highest BCUT2D eigenvalue weighted by atomic mass is 16.5. The van der Waals surface area contributed by atoms with Crippen LogP contribution in [0.3, 0.4) is 0 Å². The summed E-state index contributed by atoms with van der Waals surface area (Å²) in [4.78, 5) is 27.8. The lowest BCUT2D eigenvalue weighted by atomic mass is 10.0. The zero-order valence-corrected chi connectivity index (χ0v) is 17.2. The topological polar surface area (TPSA) is 96.9 Å². The van der Waals surface area contributed by atoms with Crippen molar-refractivity contribution in [3.05, 3.63) is 82.4 Å². The Morgan fingerprint density at radius 1 is 1.12 bits per heavy atom. The minimum absolute atomic E-state index is 0.234. The highest BCUT2D eigenvalue weighted by Gasteiger charge is 2.23. The first kappa shape index (κ1) is 18.7. The van der Waals surface area contributed by atoms with Gasteiger partial charge in [-0.25, -0.2) is 19.7 Å². The summed E-state index contributed by atoms with van der Waals surface area (Å²) in [6.07, 6.45) is 6.19. The van der Waals surface area contributed by atoms with Crippen molar-refractivity contribution >= 4 is 17.0 Å². The Balaban J connectivity index is 1.22. The number of carbonyl (C=O) groups excluding carboxylic acids is 1. The normalized spacial score (nSPS) is 15.3. The third-order valence-corrected chi connectivity index (χ3v) is 6.03. The van der Waals surface area contributed by atoms with Gasteiger partial charge in [0.1, 0.15) is 18.3 Å². The second-order valence-electron chi connectivity index (χ2n) is 8.10. The molecule has 8 heteroatoms. The number of ether oxygens (including phenoxy) is 1. The summed E-state index contributed by atoms with van der Waals surface area (Å²) in [6.45, 7) is 2.84. The van der Waals surface area contributed by atoms with Crippen molar-refractivity contribution in [1.82, 2.24) is 24.4 Å². The Bertz CT molecular complexity index is 1430. The molecule has 0 saturated carbocycles. The minimum Gasteiger partial charge on any atom is -0.457 e. The van der Waals surface area contributed by atoms with Crippen LogP contribution in [-0.4, -0.2) is 36.9 Å². The molecule has 8 nitrogen and oxygen atoms in total. The van der Waals surface area contributed by atoms with E-state index in [0.29, 0.717) is 23.7 Å². The molecular formula is C24H18N6O2. The second-order valence-corrected chi connectivity index (χ2v) is 8.10. The maximum absolute atomic E-state index is 11.7. The van der Waals surface area contributed by atoms with Gasteiger partial charge in [-0.3, -0.25) is 9.47 Å². The molecule has 0 amide bonds. The number of nitriles is 1. The van der Waals surface area contributed by atoms with Gasteiger partial charge in [0.15, 0.2) is 0 Å². The maximum Gasteiger partial charge on any atom is 0.338 e. The molecule has 0 atom stereocenters. The molecule has 1 aromatic carbocycles. The van der Waals surface area contributed by atoms with Gasteiger partial charge in [-0.1, -0.05) is 12.1 Å². The van der Waals surface area contributed by atoms with Crippen LogP contribution in [0.1, 0.15) is 38.3 Å². The average Bonchev–Trinajstić information content (AvgIpc) is 3.41. The van der Waals surface area contributed by atoms with Gasteiger partial charge in [0.25, 0.3) is 0 Å². The Morgan fingerprint density at radius 2 is 2.06 bits per heavy atom. The monoisotopic (exact) mass is 422 g/mol. The third kappa shape index (κ3) is 3.11. The summed E-state index contributed by atoms with van der Waals surface area (Å²) in [5, 5.41) is 9.96. The summed E-state index contributed by atoms with van der Waals surface area (Å²) in [7, 11) is 0. The molecule has 0 bridgehead atoms. The van der Waals surface area contributed by atoms with Crippen LogP contribution < -0.4 is 0 Å². The third-order valence-electron chi connectivity index (χ3n) is 6.03.